The minimum atomic E-state index is 0.150. The summed E-state index contributed by atoms with van der Waals surface area (Å²) >= 11 is 0. The molecule has 1 N–H and O–H groups in total. The topological polar surface area (TPSA) is 28.2 Å². The summed E-state index contributed by atoms with van der Waals surface area (Å²) in [5.74, 6) is 1.05. The Balaban J connectivity index is 2.56. The zero-order valence-electron chi connectivity index (χ0n) is 11.7. The maximum absolute atomic E-state index is 4.48. The fraction of sp³-hybridized carbons (Fsp3) is 0.643. The quantitative estimate of drug-likeness (QED) is 0.850. The second-order valence-corrected chi connectivity index (χ2v) is 5.55. The lowest BCUT2D eigenvalue weighted by molar-refractivity contribution is 0.424. The Kier molecular flexibility index (Phi) is 4.94. The van der Waals surface area contributed by atoms with E-state index in [2.05, 4.69) is 62.1 Å². The van der Waals surface area contributed by atoms with Crippen molar-refractivity contribution in [3.05, 3.63) is 23.9 Å². The van der Waals surface area contributed by atoms with Gasteiger partial charge in [0.25, 0.3) is 0 Å². The van der Waals surface area contributed by atoms with Crippen LogP contribution in [-0.2, 0) is 6.54 Å². The summed E-state index contributed by atoms with van der Waals surface area (Å²) in [7, 11) is 2.08. The fourth-order valence-electron chi connectivity index (χ4n) is 1.56. The zero-order valence-corrected chi connectivity index (χ0v) is 11.7. The van der Waals surface area contributed by atoms with Crippen molar-refractivity contribution in [3.63, 3.8) is 0 Å². The largest absolute Gasteiger partial charge is 0.360 e. The van der Waals surface area contributed by atoms with Crippen LogP contribution in [-0.4, -0.2) is 24.1 Å². The van der Waals surface area contributed by atoms with Gasteiger partial charge in [-0.05, 0) is 38.8 Å². The van der Waals surface area contributed by atoms with Crippen LogP contribution in [0.3, 0.4) is 0 Å². The van der Waals surface area contributed by atoms with Gasteiger partial charge < -0.3 is 10.2 Å². The summed E-state index contributed by atoms with van der Waals surface area (Å²) in [6.07, 6.45) is 3.10. The molecule has 96 valence electrons. The molecule has 0 aliphatic rings. The molecular weight excluding hydrogens is 210 g/mol. The third kappa shape index (κ3) is 5.18. The van der Waals surface area contributed by atoms with Crippen molar-refractivity contribution in [2.24, 2.45) is 0 Å². The van der Waals surface area contributed by atoms with Gasteiger partial charge in [0.1, 0.15) is 5.82 Å². The van der Waals surface area contributed by atoms with E-state index in [9.17, 15) is 0 Å². The average Bonchev–Trinajstić information content (AvgIpc) is 2.26. The highest BCUT2D eigenvalue weighted by atomic mass is 15.2. The van der Waals surface area contributed by atoms with E-state index in [1.165, 1.54) is 5.56 Å². The molecule has 17 heavy (non-hydrogen) atoms. The Labute approximate surface area is 105 Å². The Hall–Kier alpha value is -1.09. The van der Waals surface area contributed by atoms with Crippen LogP contribution in [0.15, 0.2) is 18.3 Å². The van der Waals surface area contributed by atoms with Crippen LogP contribution >= 0.6 is 0 Å². The Bertz CT molecular complexity index is 324. The number of hydrogen-bond acceptors (Lipinski definition) is 3. The molecule has 1 rings (SSSR count). The number of rotatable bonds is 5. The molecule has 0 aliphatic heterocycles. The van der Waals surface area contributed by atoms with Gasteiger partial charge in [-0.3, -0.25) is 0 Å². The van der Waals surface area contributed by atoms with E-state index in [1.54, 1.807) is 0 Å². The minimum Gasteiger partial charge on any atom is -0.360 e. The van der Waals surface area contributed by atoms with Crippen LogP contribution in [0.25, 0.3) is 0 Å². The molecule has 1 aromatic rings. The number of hydrogen-bond donors (Lipinski definition) is 1. The van der Waals surface area contributed by atoms with Gasteiger partial charge in [0, 0.05) is 31.9 Å². The monoisotopic (exact) mass is 235 g/mol. The van der Waals surface area contributed by atoms with Crippen molar-refractivity contribution in [1.82, 2.24) is 10.3 Å². The summed E-state index contributed by atoms with van der Waals surface area (Å²) in [5, 5.41) is 3.46. The van der Waals surface area contributed by atoms with E-state index >= 15 is 0 Å². The molecule has 3 nitrogen and oxygen atoms in total. The van der Waals surface area contributed by atoms with E-state index in [0.717, 1.165) is 25.3 Å². The van der Waals surface area contributed by atoms with E-state index < -0.39 is 0 Å². The molecule has 1 heterocycles. The molecule has 0 unspecified atom stereocenters. The van der Waals surface area contributed by atoms with Gasteiger partial charge in [0.05, 0.1) is 0 Å². The van der Waals surface area contributed by atoms with E-state index in [0.29, 0.717) is 0 Å². The smallest absolute Gasteiger partial charge is 0.128 e. The van der Waals surface area contributed by atoms with E-state index in [4.69, 9.17) is 0 Å². The highest BCUT2D eigenvalue weighted by Gasteiger charge is 2.08. The summed E-state index contributed by atoms with van der Waals surface area (Å²) in [4.78, 5) is 6.67. The predicted octanol–water partition coefficient (Wildman–Crippen LogP) is 2.82. The van der Waals surface area contributed by atoms with Crippen molar-refractivity contribution in [2.45, 2.75) is 46.2 Å². The molecule has 3 heteroatoms. The van der Waals surface area contributed by atoms with Crippen LogP contribution < -0.4 is 10.2 Å². The molecule has 1 aromatic heterocycles. The normalized spacial score (nSPS) is 11.6. The highest BCUT2D eigenvalue weighted by Crippen LogP contribution is 2.10. The van der Waals surface area contributed by atoms with Crippen molar-refractivity contribution < 1.29 is 0 Å². The molecule has 0 saturated heterocycles. The SMILES string of the molecule is CCCN(C)c1ccc(CNC(C)(C)C)cn1. The lowest BCUT2D eigenvalue weighted by atomic mass is 10.1. The first-order chi connectivity index (χ1) is 7.92. The number of anilines is 1. The van der Waals surface area contributed by atoms with Gasteiger partial charge in [-0.2, -0.15) is 0 Å². The second-order valence-electron chi connectivity index (χ2n) is 5.55. The predicted molar refractivity (Wildman–Crippen MR) is 74.4 cm³/mol. The van der Waals surface area contributed by atoms with Crippen molar-refractivity contribution in [2.75, 3.05) is 18.5 Å². The van der Waals surface area contributed by atoms with Gasteiger partial charge in [-0.25, -0.2) is 4.98 Å². The Morgan fingerprint density at radius 1 is 1.29 bits per heavy atom. The van der Waals surface area contributed by atoms with Crippen LogP contribution in [0.5, 0.6) is 0 Å². The van der Waals surface area contributed by atoms with Crippen molar-refractivity contribution in [1.29, 1.82) is 0 Å². The molecule has 0 spiro atoms. The molecule has 0 amide bonds. The molecule has 0 fully saturated rings. The molecular formula is C14H25N3. The number of pyridine rings is 1. The Morgan fingerprint density at radius 2 is 2.00 bits per heavy atom. The molecule has 0 aliphatic carbocycles. The minimum absolute atomic E-state index is 0.150. The molecule has 0 aromatic carbocycles. The molecule has 0 bridgehead atoms. The zero-order chi connectivity index (χ0) is 12.9. The first-order valence-electron chi connectivity index (χ1n) is 6.33. The third-order valence-electron chi connectivity index (χ3n) is 2.58. The third-order valence-corrected chi connectivity index (χ3v) is 2.58. The highest BCUT2D eigenvalue weighted by molar-refractivity contribution is 5.38. The fourth-order valence-corrected chi connectivity index (χ4v) is 1.56. The van der Waals surface area contributed by atoms with Gasteiger partial charge in [0.2, 0.25) is 0 Å². The van der Waals surface area contributed by atoms with Crippen LogP contribution in [0.2, 0.25) is 0 Å². The van der Waals surface area contributed by atoms with Gasteiger partial charge in [-0.15, -0.1) is 0 Å². The first-order valence-corrected chi connectivity index (χ1v) is 6.33. The summed E-state index contributed by atoms with van der Waals surface area (Å²) in [6.45, 7) is 10.6. The summed E-state index contributed by atoms with van der Waals surface area (Å²) in [5.41, 5.74) is 1.38. The maximum atomic E-state index is 4.48. The lowest BCUT2D eigenvalue weighted by Crippen LogP contribution is -2.35. The van der Waals surface area contributed by atoms with Crippen LogP contribution in [0.1, 0.15) is 39.7 Å². The molecule has 0 saturated carbocycles. The standard InChI is InChI=1S/C14H25N3/c1-6-9-17(5)13-8-7-12(10-15-13)11-16-14(2,3)4/h7-8,10,16H,6,9,11H2,1-5H3. The Morgan fingerprint density at radius 3 is 2.47 bits per heavy atom. The summed E-state index contributed by atoms with van der Waals surface area (Å²) in [6, 6.07) is 4.24. The molecule has 0 atom stereocenters. The second kappa shape index (κ2) is 6.01. The van der Waals surface area contributed by atoms with Crippen LogP contribution in [0, 0.1) is 0 Å². The first kappa shape index (κ1) is 14.0. The average molecular weight is 235 g/mol. The maximum Gasteiger partial charge on any atom is 0.128 e. The van der Waals surface area contributed by atoms with Gasteiger partial charge in [-0.1, -0.05) is 13.0 Å². The van der Waals surface area contributed by atoms with Crippen LogP contribution in [0.4, 0.5) is 5.82 Å². The van der Waals surface area contributed by atoms with Crippen molar-refractivity contribution in [3.8, 4) is 0 Å². The number of nitrogens with zero attached hydrogens (tertiary/aromatic N) is 2. The van der Waals surface area contributed by atoms with E-state index in [1.807, 2.05) is 6.20 Å². The van der Waals surface area contributed by atoms with E-state index in [-0.39, 0.29) is 5.54 Å². The van der Waals surface area contributed by atoms with Gasteiger partial charge in [0.15, 0.2) is 0 Å². The lowest BCUT2D eigenvalue weighted by Gasteiger charge is -2.21. The molecule has 0 radical (unpaired) electrons. The van der Waals surface area contributed by atoms with Gasteiger partial charge >= 0.3 is 0 Å². The number of nitrogens with one attached hydrogen (secondary N) is 1. The number of aromatic nitrogens is 1. The summed E-state index contributed by atoms with van der Waals surface area (Å²) < 4.78 is 0. The van der Waals surface area contributed by atoms with Crippen molar-refractivity contribution >= 4 is 5.82 Å².